The molecule has 0 bridgehead atoms. The Labute approximate surface area is 111 Å². The molecular formula is C13H16ClN3O. The molecule has 2 rings (SSSR count). The molecule has 0 aliphatic heterocycles. The SMILES string of the molecule is CC(C)(N)C=Cc1nc2ccccc2c(=O)[nH]1.Cl. The molecule has 1 aromatic heterocycles. The third-order valence-electron chi connectivity index (χ3n) is 2.30. The fourth-order valence-electron chi connectivity index (χ4n) is 1.48. The van der Waals surface area contributed by atoms with Gasteiger partial charge in [-0.05, 0) is 32.1 Å². The van der Waals surface area contributed by atoms with Crippen molar-refractivity contribution in [3.05, 3.63) is 46.5 Å². The molecule has 0 atom stereocenters. The van der Waals surface area contributed by atoms with Crippen molar-refractivity contribution >= 4 is 29.4 Å². The number of nitrogens with two attached hydrogens (primary N) is 1. The number of halogens is 1. The fraction of sp³-hybridized carbons (Fsp3) is 0.231. The van der Waals surface area contributed by atoms with Gasteiger partial charge in [0.2, 0.25) is 0 Å². The Hall–Kier alpha value is -1.65. The molecule has 0 spiro atoms. The first-order chi connectivity index (χ1) is 7.96. The Kier molecular flexibility index (Phi) is 4.27. The molecule has 18 heavy (non-hydrogen) atoms. The first-order valence-electron chi connectivity index (χ1n) is 5.43. The van der Waals surface area contributed by atoms with E-state index in [1.54, 1.807) is 18.2 Å². The Bertz CT molecular complexity index is 626. The largest absolute Gasteiger partial charge is 0.322 e. The van der Waals surface area contributed by atoms with Gasteiger partial charge in [-0.3, -0.25) is 4.79 Å². The summed E-state index contributed by atoms with van der Waals surface area (Å²) in [6.45, 7) is 3.76. The number of rotatable bonds is 2. The second-order valence-electron chi connectivity index (χ2n) is 4.62. The van der Waals surface area contributed by atoms with E-state index in [9.17, 15) is 4.79 Å². The van der Waals surface area contributed by atoms with Crippen molar-refractivity contribution in [3.8, 4) is 0 Å². The van der Waals surface area contributed by atoms with Crippen molar-refractivity contribution in [2.45, 2.75) is 19.4 Å². The van der Waals surface area contributed by atoms with E-state index < -0.39 is 5.54 Å². The number of benzene rings is 1. The molecule has 0 saturated carbocycles. The normalized spacial score (nSPS) is 11.7. The highest BCUT2D eigenvalue weighted by Gasteiger charge is 2.05. The van der Waals surface area contributed by atoms with Crippen LogP contribution in [0.5, 0.6) is 0 Å². The zero-order valence-electron chi connectivity index (χ0n) is 10.3. The Morgan fingerprint density at radius 1 is 1.33 bits per heavy atom. The van der Waals surface area contributed by atoms with Crippen molar-refractivity contribution in [1.29, 1.82) is 0 Å². The number of para-hydroxylation sites is 1. The Morgan fingerprint density at radius 3 is 2.67 bits per heavy atom. The van der Waals surface area contributed by atoms with E-state index in [2.05, 4.69) is 9.97 Å². The molecule has 2 aromatic rings. The van der Waals surface area contributed by atoms with Gasteiger partial charge in [0.1, 0.15) is 5.82 Å². The Balaban J connectivity index is 0.00000162. The van der Waals surface area contributed by atoms with E-state index in [0.717, 1.165) is 0 Å². The van der Waals surface area contributed by atoms with Crippen LogP contribution in [0, 0.1) is 0 Å². The molecule has 5 heteroatoms. The molecule has 0 aliphatic carbocycles. The highest BCUT2D eigenvalue weighted by molar-refractivity contribution is 5.85. The zero-order chi connectivity index (χ0) is 12.5. The van der Waals surface area contributed by atoms with E-state index in [1.807, 2.05) is 32.0 Å². The summed E-state index contributed by atoms with van der Waals surface area (Å²) in [5.74, 6) is 0.521. The number of aromatic amines is 1. The molecule has 0 saturated heterocycles. The lowest BCUT2D eigenvalue weighted by Gasteiger charge is -2.11. The van der Waals surface area contributed by atoms with Crippen LogP contribution in [0.2, 0.25) is 0 Å². The lowest BCUT2D eigenvalue weighted by atomic mass is 10.1. The van der Waals surface area contributed by atoms with Gasteiger partial charge in [0, 0.05) is 5.54 Å². The van der Waals surface area contributed by atoms with Crippen LogP contribution in [-0.4, -0.2) is 15.5 Å². The number of aromatic nitrogens is 2. The van der Waals surface area contributed by atoms with Gasteiger partial charge in [-0.2, -0.15) is 0 Å². The highest BCUT2D eigenvalue weighted by atomic mass is 35.5. The van der Waals surface area contributed by atoms with Gasteiger partial charge in [-0.25, -0.2) is 4.98 Å². The minimum Gasteiger partial charge on any atom is -0.322 e. The standard InChI is InChI=1S/C13H15N3O.ClH/c1-13(2,14)8-7-11-15-10-6-4-3-5-9(10)12(17)16-11;/h3-8H,14H2,1-2H3,(H,15,16,17);1H. The van der Waals surface area contributed by atoms with E-state index in [0.29, 0.717) is 16.7 Å². The van der Waals surface area contributed by atoms with Crippen LogP contribution in [0.25, 0.3) is 17.0 Å². The topological polar surface area (TPSA) is 71.8 Å². The predicted molar refractivity (Wildman–Crippen MR) is 76.9 cm³/mol. The monoisotopic (exact) mass is 265 g/mol. The predicted octanol–water partition coefficient (Wildman–Crippen LogP) is 2.10. The summed E-state index contributed by atoms with van der Waals surface area (Å²) in [4.78, 5) is 18.8. The summed E-state index contributed by atoms with van der Waals surface area (Å²) in [6.07, 6.45) is 3.54. The van der Waals surface area contributed by atoms with Crippen LogP contribution >= 0.6 is 12.4 Å². The Morgan fingerprint density at radius 2 is 2.00 bits per heavy atom. The van der Waals surface area contributed by atoms with Crippen LogP contribution in [0.15, 0.2) is 35.1 Å². The van der Waals surface area contributed by atoms with Crippen molar-refractivity contribution < 1.29 is 0 Å². The van der Waals surface area contributed by atoms with Crippen molar-refractivity contribution in [3.63, 3.8) is 0 Å². The maximum Gasteiger partial charge on any atom is 0.259 e. The summed E-state index contributed by atoms with van der Waals surface area (Å²) in [7, 11) is 0. The van der Waals surface area contributed by atoms with Gasteiger partial charge in [0.15, 0.2) is 0 Å². The molecule has 3 N–H and O–H groups in total. The molecule has 0 radical (unpaired) electrons. The minimum absolute atomic E-state index is 0. The van der Waals surface area contributed by atoms with Gasteiger partial charge in [0.25, 0.3) is 5.56 Å². The summed E-state index contributed by atoms with van der Waals surface area (Å²) < 4.78 is 0. The quantitative estimate of drug-likeness (QED) is 0.873. The first kappa shape index (κ1) is 14.4. The summed E-state index contributed by atoms with van der Waals surface area (Å²) in [5, 5.41) is 0.594. The number of hydrogen-bond donors (Lipinski definition) is 2. The second-order valence-corrected chi connectivity index (χ2v) is 4.62. The number of hydrogen-bond acceptors (Lipinski definition) is 3. The average molecular weight is 266 g/mol. The number of nitrogens with zero attached hydrogens (tertiary/aromatic N) is 1. The van der Waals surface area contributed by atoms with Gasteiger partial charge in [-0.15, -0.1) is 12.4 Å². The minimum atomic E-state index is -0.426. The van der Waals surface area contributed by atoms with Gasteiger partial charge in [0.05, 0.1) is 10.9 Å². The molecule has 0 amide bonds. The van der Waals surface area contributed by atoms with Crippen molar-refractivity contribution in [1.82, 2.24) is 9.97 Å². The van der Waals surface area contributed by atoms with E-state index in [4.69, 9.17) is 5.73 Å². The maximum atomic E-state index is 11.8. The smallest absolute Gasteiger partial charge is 0.259 e. The van der Waals surface area contributed by atoms with Gasteiger partial charge >= 0.3 is 0 Å². The van der Waals surface area contributed by atoms with Crippen LogP contribution < -0.4 is 11.3 Å². The summed E-state index contributed by atoms with van der Waals surface area (Å²) >= 11 is 0. The summed E-state index contributed by atoms with van der Waals surface area (Å²) in [6, 6.07) is 7.24. The average Bonchev–Trinajstić information content (AvgIpc) is 2.26. The number of H-pyrrole nitrogens is 1. The van der Waals surface area contributed by atoms with Crippen molar-refractivity contribution in [2.75, 3.05) is 0 Å². The highest BCUT2D eigenvalue weighted by Crippen LogP contribution is 2.07. The molecule has 1 aromatic carbocycles. The lowest BCUT2D eigenvalue weighted by Crippen LogP contribution is -2.28. The summed E-state index contributed by atoms with van der Waals surface area (Å²) in [5.41, 5.74) is 5.95. The maximum absolute atomic E-state index is 11.8. The second kappa shape index (κ2) is 5.33. The van der Waals surface area contributed by atoms with Gasteiger partial charge in [-0.1, -0.05) is 18.2 Å². The van der Waals surface area contributed by atoms with E-state index in [-0.39, 0.29) is 18.0 Å². The van der Waals surface area contributed by atoms with Crippen LogP contribution in [0.4, 0.5) is 0 Å². The van der Waals surface area contributed by atoms with Crippen LogP contribution in [0.1, 0.15) is 19.7 Å². The first-order valence-corrected chi connectivity index (χ1v) is 5.43. The van der Waals surface area contributed by atoms with E-state index >= 15 is 0 Å². The molecular weight excluding hydrogens is 250 g/mol. The molecule has 4 nitrogen and oxygen atoms in total. The zero-order valence-corrected chi connectivity index (χ0v) is 11.1. The van der Waals surface area contributed by atoms with Crippen LogP contribution in [-0.2, 0) is 0 Å². The fourth-order valence-corrected chi connectivity index (χ4v) is 1.48. The van der Waals surface area contributed by atoms with Gasteiger partial charge < -0.3 is 10.7 Å². The molecule has 0 fully saturated rings. The van der Waals surface area contributed by atoms with Crippen molar-refractivity contribution in [2.24, 2.45) is 5.73 Å². The van der Waals surface area contributed by atoms with Crippen LogP contribution in [0.3, 0.4) is 0 Å². The third kappa shape index (κ3) is 3.42. The number of nitrogens with one attached hydrogen (secondary N) is 1. The van der Waals surface area contributed by atoms with E-state index in [1.165, 1.54) is 0 Å². The lowest BCUT2D eigenvalue weighted by molar-refractivity contribution is 0.657. The number of fused-ring (bicyclic) bond motifs is 1. The molecule has 1 heterocycles. The molecule has 0 aliphatic rings. The third-order valence-corrected chi connectivity index (χ3v) is 2.30. The molecule has 96 valence electrons. The molecule has 0 unspecified atom stereocenters.